The summed E-state index contributed by atoms with van der Waals surface area (Å²) >= 11 is 12.1. The Hall–Kier alpha value is -1.97. The van der Waals surface area contributed by atoms with E-state index in [9.17, 15) is 9.90 Å². The number of rotatable bonds is 1. The van der Waals surface area contributed by atoms with Crippen LogP contribution in [-0.4, -0.2) is 10.9 Å². The lowest BCUT2D eigenvalue weighted by atomic mass is 10.1. The van der Waals surface area contributed by atoms with Crippen molar-refractivity contribution >= 4 is 35.1 Å². The normalized spacial score (nSPS) is 15.2. The van der Waals surface area contributed by atoms with Crippen LogP contribution < -0.4 is 4.74 Å². The molecule has 0 atom stereocenters. The molecule has 21 heavy (non-hydrogen) atoms. The molecule has 0 amide bonds. The number of Topliss-reactive ketones (excluding diaryl/α,β-unsaturated/α-hetero) is 1. The Morgan fingerprint density at radius 3 is 2.52 bits per heavy atom. The summed E-state index contributed by atoms with van der Waals surface area (Å²) in [4.78, 5) is 12.3. The minimum atomic E-state index is -0.303. The predicted molar refractivity (Wildman–Crippen MR) is 82.2 cm³/mol. The zero-order chi connectivity index (χ0) is 15.1. The Balaban J connectivity index is 2.05. The molecule has 0 saturated carbocycles. The Morgan fingerprint density at radius 1 is 1.14 bits per heavy atom. The minimum Gasteiger partial charge on any atom is -0.508 e. The van der Waals surface area contributed by atoms with Crippen LogP contribution in [0, 0.1) is 6.92 Å². The number of ketones is 1. The molecule has 0 spiro atoms. The molecule has 1 aliphatic rings. The highest BCUT2D eigenvalue weighted by Crippen LogP contribution is 2.41. The fourth-order valence-electron chi connectivity index (χ4n) is 2.14. The first-order valence-electron chi connectivity index (χ1n) is 6.19. The fourth-order valence-corrected chi connectivity index (χ4v) is 2.57. The summed E-state index contributed by atoms with van der Waals surface area (Å²) in [5, 5.41) is 10.2. The quantitative estimate of drug-likeness (QED) is 0.779. The number of aryl methyl sites for hydroxylation is 1. The van der Waals surface area contributed by atoms with Crippen LogP contribution in [0.3, 0.4) is 0 Å². The number of phenolic OH excluding ortho intramolecular Hbond substituents is 1. The summed E-state index contributed by atoms with van der Waals surface area (Å²) in [7, 11) is 0. The van der Waals surface area contributed by atoms with Gasteiger partial charge in [-0.25, -0.2) is 0 Å². The Labute approximate surface area is 131 Å². The van der Waals surface area contributed by atoms with Crippen LogP contribution in [-0.2, 0) is 0 Å². The molecule has 0 bridgehead atoms. The van der Waals surface area contributed by atoms with E-state index in [1.807, 2.05) is 0 Å². The maximum absolute atomic E-state index is 12.3. The van der Waals surface area contributed by atoms with Gasteiger partial charge < -0.3 is 9.84 Å². The SMILES string of the molecule is Cc1cc(C=C2Oc3c(Cl)ccc(Cl)c3C2=O)ccc1O. The maximum Gasteiger partial charge on any atom is 0.233 e. The van der Waals surface area contributed by atoms with Gasteiger partial charge in [0.2, 0.25) is 5.78 Å². The van der Waals surface area contributed by atoms with Gasteiger partial charge in [0.15, 0.2) is 11.5 Å². The monoisotopic (exact) mass is 320 g/mol. The van der Waals surface area contributed by atoms with Crippen LogP contribution >= 0.6 is 23.2 Å². The topological polar surface area (TPSA) is 46.5 Å². The smallest absolute Gasteiger partial charge is 0.233 e. The van der Waals surface area contributed by atoms with Gasteiger partial charge in [-0.3, -0.25) is 4.79 Å². The summed E-state index contributed by atoms with van der Waals surface area (Å²) in [6.07, 6.45) is 1.60. The fraction of sp³-hybridized carbons (Fsp3) is 0.0625. The first-order chi connectivity index (χ1) is 9.97. The van der Waals surface area contributed by atoms with Crippen molar-refractivity contribution in [1.29, 1.82) is 0 Å². The molecule has 0 unspecified atom stereocenters. The number of hydrogen-bond acceptors (Lipinski definition) is 3. The molecule has 0 aliphatic carbocycles. The van der Waals surface area contributed by atoms with Gasteiger partial charge in [0.1, 0.15) is 5.75 Å². The van der Waals surface area contributed by atoms with Crippen molar-refractivity contribution in [1.82, 2.24) is 0 Å². The molecule has 106 valence electrons. The van der Waals surface area contributed by atoms with Gasteiger partial charge >= 0.3 is 0 Å². The number of benzene rings is 2. The molecule has 0 radical (unpaired) electrons. The van der Waals surface area contributed by atoms with Gasteiger partial charge in [-0.15, -0.1) is 0 Å². The molecule has 0 saturated heterocycles. The number of phenols is 1. The average Bonchev–Trinajstić information content (AvgIpc) is 2.77. The third-order valence-electron chi connectivity index (χ3n) is 3.24. The average molecular weight is 321 g/mol. The second-order valence-corrected chi connectivity index (χ2v) is 5.53. The highest BCUT2D eigenvalue weighted by Gasteiger charge is 2.31. The Kier molecular flexibility index (Phi) is 3.40. The maximum atomic E-state index is 12.3. The van der Waals surface area contributed by atoms with Gasteiger partial charge in [-0.2, -0.15) is 0 Å². The molecule has 1 N–H and O–H groups in total. The molecule has 5 heteroatoms. The van der Waals surface area contributed by atoms with Crippen molar-refractivity contribution < 1.29 is 14.6 Å². The van der Waals surface area contributed by atoms with E-state index in [4.69, 9.17) is 27.9 Å². The van der Waals surface area contributed by atoms with Crippen molar-refractivity contribution in [3.05, 3.63) is 62.8 Å². The van der Waals surface area contributed by atoms with Crippen LogP contribution in [0.15, 0.2) is 36.1 Å². The van der Waals surface area contributed by atoms with E-state index in [0.29, 0.717) is 15.6 Å². The molecule has 3 nitrogen and oxygen atoms in total. The zero-order valence-electron chi connectivity index (χ0n) is 11.0. The van der Waals surface area contributed by atoms with Gasteiger partial charge in [-0.1, -0.05) is 29.3 Å². The number of hydrogen-bond donors (Lipinski definition) is 1. The summed E-state index contributed by atoms with van der Waals surface area (Å²) < 4.78 is 5.54. The second-order valence-electron chi connectivity index (χ2n) is 4.72. The minimum absolute atomic E-state index is 0.157. The standard InChI is InChI=1S/C16H10Cl2O3/c1-8-6-9(2-5-12(8)19)7-13-15(20)14-10(17)3-4-11(18)16(14)21-13/h2-7,19H,1H3. The van der Waals surface area contributed by atoms with E-state index >= 15 is 0 Å². The van der Waals surface area contributed by atoms with E-state index in [-0.39, 0.29) is 28.6 Å². The molecule has 0 fully saturated rings. The largest absolute Gasteiger partial charge is 0.508 e. The van der Waals surface area contributed by atoms with Gasteiger partial charge in [0.05, 0.1) is 15.6 Å². The summed E-state index contributed by atoms with van der Waals surface area (Å²) in [5.41, 5.74) is 1.74. The lowest BCUT2D eigenvalue weighted by molar-refractivity contribution is 0.101. The molecular weight excluding hydrogens is 311 g/mol. The molecular formula is C16H10Cl2O3. The third-order valence-corrected chi connectivity index (χ3v) is 3.85. The van der Waals surface area contributed by atoms with E-state index in [2.05, 4.69) is 0 Å². The van der Waals surface area contributed by atoms with Crippen LogP contribution in [0.1, 0.15) is 21.5 Å². The number of fused-ring (bicyclic) bond motifs is 1. The van der Waals surface area contributed by atoms with Gasteiger partial charge in [-0.05, 0) is 48.4 Å². The van der Waals surface area contributed by atoms with Crippen molar-refractivity contribution in [2.75, 3.05) is 0 Å². The van der Waals surface area contributed by atoms with E-state index in [1.54, 1.807) is 43.3 Å². The molecule has 1 aliphatic heterocycles. The highest BCUT2D eigenvalue weighted by atomic mass is 35.5. The first-order valence-corrected chi connectivity index (χ1v) is 6.95. The van der Waals surface area contributed by atoms with Crippen molar-refractivity contribution in [3.8, 4) is 11.5 Å². The first kappa shape index (κ1) is 14.0. The number of carbonyl (C=O) groups excluding carboxylic acids is 1. The Morgan fingerprint density at radius 2 is 1.86 bits per heavy atom. The van der Waals surface area contributed by atoms with Gasteiger partial charge in [0.25, 0.3) is 0 Å². The number of halogens is 2. The third kappa shape index (κ3) is 2.39. The van der Waals surface area contributed by atoms with Crippen molar-refractivity contribution in [3.63, 3.8) is 0 Å². The number of carbonyl (C=O) groups is 1. The second kappa shape index (κ2) is 5.10. The number of ether oxygens (including phenoxy) is 1. The zero-order valence-corrected chi connectivity index (χ0v) is 12.5. The molecule has 2 aromatic carbocycles. The lowest BCUT2D eigenvalue weighted by Gasteiger charge is -2.02. The molecule has 3 rings (SSSR count). The summed E-state index contributed by atoms with van der Waals surface area (Å²) in [6.45, 7) is 1.77. The van der Waals surface area contributed by atoms with Crippen molar-refractivity contribution in [2.24, 2.45) is 0 Å². The predicted octanol–water partition coefficient (Wildman–Crippen LogP) is 4.62. The summed E-state index contributed by atoms with van der Waals surface area (Å²) in [5.74, 6) is 0.342. The van der Waals surface area contributed by atoms with Crippen LogP contribution in [0.5, 0.6) is 11.5 Å². The van der Waals surface area contributed by atoms with E-state index in [0.717, 1.165) is 5.56 Å². The molecule has 0 aromatic heterocycles. The van der Waals surface area contributed by atoms with Gasteiger partial charge in [0, 0.05) is 0 Å². The van der Waals surface area contributed by atoms with E-state index in [1.165, 1.54) is 0 Å². The number of allylic oxidation sites excluding steroid dienone is 1. The van der Waals surface area contributed by atoms with E-state index < -0.39 is 0 Å². The van der Waals surface area contributed by atoms with Crippen LogP contribution in [0.2, 0.25) is 10.0 Å². The van der Waals surface area contributed by atoms with Crippen LogP contribution in [0.25, 0.3) is 6.08 Å². The molecule has 1 heterocycles. The number of aromatic hydroxyl groups is 1. The Bertz CT molecular complexity index is 794. The molecule has 2 aromatic rings. The van der Waals surface area contributed by atoms with Crippen LogP contribution in [0.4, 0.5) is 0 Å². The highest BCUT2D eigenvalue weighted by molar-refractivity contribution is 6.39. The van der Waals surface area contributed by atoms with Crippen molar-refractivity contribution in [2.45, 2.75) is 6.92 Å². The summed E-state index contributed by atoms with van der Waals surface area (Å²) in [6, 6.07) is 8.17. The lowest BCUT2D eigenvalue weighted by Crippen LogP contribution is -1.98.